The minimum absolute atomic E-state index is 0.0182. The molecule has 24 heavy (non-hydrogen) atoms. The highest BCUT2D eigenvalue weighted by atomic mass is 16.7. The molecule has 0 amide bonds. The molecular weight excluding hydrogens is 312 g/mol. The van der Waals surface area contributed by atoms with E-state index in [0.29, 0.717) is 36.8 Å². The number of ether oxygens (including phenoxy) is 3. The van der Waals surface area contributed by atoms with Gasteiger partial charge >= 0.3 is 5.97 Å². The molecule has 0 aromatic heterocycles. The van der Waals surface area contributed by atoms with Crippen molar-refractivity contribution in [2.75, 3.05) is 7.11 Å². The monoisotopic (exact) mass is 336 g/mol. The molecule has 0 spiro atoms. The van der Waals surface area contributed by atoms with E-state index in [1.54, 1.807) is 19.9 Å². The second-order valence-electron chi connectivity index (χ2n) is 6.35. The summed E-state index contributed by atoms with van der Waals surface area (Å²) in [6.07, 6.45) is 4.82. The molecule has 0 bridgehead atoms. The van der Waals surface area contributed by atoms with Gasteiger partial charge < -0.3 is 14.2 Å². The summed E-state index contributed by atoms with van der Waals surface area (Å²) >= 11 is 0. The molecule has 2 aliphatic rings. The van der Waals surface area contributed by atoms with Gasteiger partial charge in [-0.1, -0.05) is 6.08 Å². The van der Waals surface area contributed by atoms with Crippen LogP contribution in [0, 0.1) is 11.8 Å². The Labute approximate surface area is 141 Å². The van der Waals surface area contributed by atoms with E-state index in [1.165, 1.54) is 13.4 Å². The zero-order valence-electron chi connectivity index (χ0n) is 14.3. The van der Waals surface area contributed by atoms with Crippen LogP contribution in [0.3, 0.4) is 0 Å². The van der Waals surface area contributed by atoms with E-state index < -0.39 is 24.1 Å². The normalized spacial score (nSPS) is 29.8. The number of hydrogen-bond donors (Lipinski definition) is 0. The van der Waals surface area contributed by atoms with Gasteiger partial charge in [0, 0.05) is 19.4 Å². The highest BCUT2D eigenvalue weighted by Gasteiger charge is 2.43. The van der Waals surface area contributed by atoms with Crippen molar-refractivity contribution in [3.05, 3.63) is 23.5 Å². The topological polar surface area (TPSA) is 78.9 Å². The van der Waals surface area contributed by atoms with Crippen LogP contribution in [-0.2, 0) is 28.6 Å². The van der Waals surface area contributed by atoms with Crippen LogP contribution in [-0.4, -0.2) is 37.5 Å². The first kappa shape index (κ1) is 18.4. The molecule has 132 valence electrons. The highest BCUT2D eigenvalue weighted by molar-refractivity contribution is 5.92. The quantitative estimate of drug-likeness (QED) is 0.579. The molecule has 0 fully saturated rings. The first-order valence-electron chi connectivity index (χ1n) is 8.24. The zero-order chi connectivity index (χ0) is 17.7. The summed E-state index contributed by atoms with van der Waals surface area (Å²) in [6.45, 7) is 3.52. The number of carbonyl (C=O) groups excluding carboxylic acids is 3. The molecule has 0 N–H and O–H groups in total. The van der Waals surface area contributed by atoms with Crippen LogP contribution in [0.2, 0.25) is 0 Å². The van der Waals surface area contributed by atoms with Crippen LogP contribution in [0.15, 0.2) is 23.5 Å². The molecule has 6 heteroatoms. The van der Waals surface area contributed by atoms with Crippen molar-refractivity contribution in [1.82, 2.24) is 0 Å². The molecule has 0 radical (unpaired) electrons. The predicted molar refractivity (Wildman–Crippen MR) is 85.8 cm³/mol. The number of esters is 1. The summed E-state index contributed by atoms with van der Waals surface area (Å²) in [7, 11) is 1.47. The highest BCUT2D eigenvalue weighted by Crippen LogP contribution is 2.37. The summed E-state index contributed by atoms with van der Waals surface area (Å²) in [5, 5.41) is 0. The van der Waals surface area contributed by atoms with E-state index in [-0.39, 0.29) is 11.9 Å². The molecule has 3 atom stereocenters. The molecule has 1 heterocycles. The Morgan fingerprint density at radius 3 is 2.75 bits per heavy atom. The fraction of sp³-hybridized carbons (Fsp3) is 0.611. The number of aldehydes is 1. The van der Waals surface area contributed by atoms with Crippen molar-refractivity contribution in [3.8, 4) is 0 Å². The summed E-state index contributed by atoms with van der Waals surface area (Å²) in [6, 6.07) is 0. The van der Waals surface area contributed by atoms with E-state index in [4.69, 9.17) is 14.2 Å². The molecule has 0 saturated heterocycles. The third-order valence-electron chi connectivity index (χ3n) is 4.31. The zero-order valence-corrected chi connectivity index (χ0v) is 14.3. The minimum atomic E-state index is -0.732. The van der Waals surface area contributed by atoms with Gasteiger partial charge in [-0.25, -0.2) is 4.79 Å². The lowest BCUT2D eigenvalue weighted by Crippen LogP contribution is -2.42. The van der Waals surface area contributed by atoms with Gasteiger partial charge in [0.05, 0.1) is 23.9 Å². The lowest BCUT2D eigenvalue weighted by molar-refractivity contribution is -0.164. The average molecular weight is 336 g/mol. The molecular formula is C18H24O6. The van der Waals surface area contributed by atoms with Gasteiger partial charge in [0.2, 0.25) is 6.29 Å². The van der Waals surface area contributed by atoms with Gasteiger partial charge in [0.25, 0.3) is 0 Å². The number of Topliss-reactive ketones (excluding diaryl/α,β-unsaturated/α-hetero) is 1. The summed E-state index contributed by atoms with van der Waals surface area (Å²) in [5.41, 5.74) is 0.972. The molecule has 0 aromatic carbocycles. The molecule has 0 unspecified atom stereocenters. The van der Waals surface area contributed by atoms with Crippen molar-refractivity contribution < 1.29 is 28.6 Å². The Bertz CT molecular complexity index is 560. The maximum Gasteiger partial charge on any atom is 0.337 e. The third-order valence-corrected chi connectivity index (χ3v) is 4.31. The van der Waals surface area contributed by atoms with Crippen molar-refractivity contribution in [1.29, 1.82) is 0 Å². The van der Waals surface area contributed by atoms with Crippen LogP contribution >= 0.6 is 0 Å². The molecule has 1 aliphatic carbocycles. The number of ketones is 1. The Hall–Kier alpha value is -1.95. The van der Waals surface area contributed by atoms with Crippen LogP contribution in [0.25, 0.3) is 0 Å². The maximum atomic E-state index is 12.7. The van der Waals surface area contributed by atoms with Crippen molar-refractivity contribution in [2.45, 2.75) is 51.9 Å². The van der Waals surface area contributed by atoms with Gasteiger partial charge in [0.1, 0.15) is 12.1 Å². The van der Waals surface area contributed by atoms with Crippen LogP contribution < -0.4 is 0 Å². The third kappa shape index (κ3) is 4.12. The lowest BCUT2D eigenvalue weighted by Gasteiger charge is -2.35. The van der Waals surface area contributed by atoms with E-state index in [1.807, 2.05) is 0 Å². The fourth-order valence-electron chi connectivity index (χ4n) is 3.15. The maximum absolute atomic E-state index is 12.7. The lowest BCUT2D eigenvalue weighted by atomic mass is 9.78. The number of hydrogen-bond acceptors (Lipinski definition) is 6. The van der Waals surface area contributed by atoms with Gasteiger partial charge in [-0.2, -0.15) is 0 Å². The van der Waals surface area contributed by atoms with Gasteiger partial charge in [-0.15, -0.1) is 0 Å². The van der Waals surface area contributed by atoms with E-state index in [0.717, 1.165) is 6.29 Å². The number of rotatable bonds is 4. The number of carbonyl (C=O) groups is 3. The number of methoxy groups -OCH3 is 1. The molecule has 6 nitrogen and oxygen atoms in total. The van der Waals surface area contributed by atoms with E-state index >= 15 is 0 Å². The summed E-state index contributed by atoms with van der Waals surface area (Å²) < 4.78 is 16.0. The molecule has 2 rings (SSSR count). The smallest absolute Gasteiger partial charge is 0.337 e. The first-order chi connectivity index (χ1) is 11.5. The van der Waals surface area contributed by atoms with Crippen LogP contribution in [0.5, 0.6) is 0 Å². The Balaban J connectivity index is 2.38. The van der Waals surface area contributed by atoms with E-state index in [2.05, 4.69) is 0 Å². The number of allylic oxidation sites excluding steroid dienone is 2. The second kappa shape index (κ2) is 8.24. The molecule has 0 aromatic rings. The van der Waals surface area contributed by atoms with Crippen LogP contribution in [0.1, 0.15) is 39.5 Å². The van der Waals surface area contributed by atoms with Crippen LogP contribution in [0.4, 0.5) is 0 Å². The fourth-order valence-corrected chi connectivity index (χ4v) is 3.15. The van der Waals surface area contributed by atoms with Gasteiger partial charge in [0.15, 0.2) is 0 Å². The summed E-state index contributed by atoms with van der Waals surface area (Å²) in [4.78, 5) is 36.2. The average Bonchev–Trinajstić information content (AvgIpc) is 2.63. The Kier molecular flexibility index (Phi) is 6.31. The van der Waals surface area contributed by atoms with E-state index in [9.17, 15) is 14.4 Å². The standard InChI is InChI=1S/C18H24O6/c1-11(2)24-17(21)14-10-23-18(22-3)16-13(14)8-7-12(9-19)5-4-6-15(16)20/h7,9-11,13,16,18H,4-6,8H2,1-3H3/b12-7+/t13-,16-,18+/m1/s1. The second-order valence-corrected chi connectivity index (χ2v) is 6.35. The van der Waals surface area contributed by atoms with Crippen molar-refractivity contribution in [3.63, 3.8) is 0 Å². The molecule has 0 saturated carbocycles. The Morgan fingerprint density at radius 2 is 2.12 bits per heavy atom. The van der Waals surface area contributed by atoms with Gasteiger partial charge in [-0.05, 0) is 38.7 Å². The SMILES string of the molecule is CO[C@H]1OC=C(C(=O)OC(C)C)[C@H]2C/C=C(/C=O)CCCC(=O)[C@H]12. The number of fused-ring (bicyclic) bond motifs is 1. The Morgan fingerprint density at radius 1 is 1.38 bits per heavy atom. The van der Waals surface area contributed by atoms with Gasteiger partial charge in [-0.3, -0.25) is 9.59 Å². The van der Waals surface area contributed by atoms with Crippen molar-refractivity contribution in [2.24, 2.45) is 11.8 Å². The first-order valence-corrected chi connectivity index (χ1v) is 8.24. The molecule has 1 aliphatic heterocycles. The largest absolute Gasteiger partial charge is 0.471 e. The van der Waals surface area contributed by atoms with Crippen molar-refractivity contribution >= 4 is 18.0 Å². The predicted octanol–water partition coefficient (Wildman–Crippen LogP) is 2.33. The minimum Gasteiger partial charge on any atom is -0.471 e. The summed E-state index contributed by atoms with van der Waals surface area (Å²) in [5.74, 6) is -1.52.